The smallest absolute Gasteiger partial charge is 0.416 e. The van der Waals surface area contributed by atoms with Crippen molar-refractivity contribution in [2.24, 2.45) is 0 Å². The van der Waals surface area contributed by atoms with E-state index in [4.69, 9.17) is 4.74 Å². The van der Waals surface area contributed by atoms with Crippen LogP contribution in [0.1, 0.15) is 12.0 Å². The van der Waals surface area contributed by atoms with E-state index in [1.54, 1.807) is 31.4 Å². The largest absolute Gasteiger partial charge is 0.497 e. The first kappa shape index (κ1) is 19.5. The van der Waals surface area contributed by atoms with Gasteiger partial charge in [-0.1, -0.05) is 6.07 Å². The van der Waals surface area contributed by atoms with Crippen LogP contribution in [-0.4, -0.2) is 31.6 Å². The Labute approximate surface area is 159 Å². The van der Waals surface area contributed by atoms with Crippen LogP contribution in [0.4, 0.5) is 29.3 Å². The topological polar surface area (TPSA) is 70.7 Å². The van der Waals surface area contributed by atoms with Crippen LogP contribution in [0.25, 0.3) is 0 Å². The molecule has 1 atom stereocenters. The number of carbonyl (C=O) groups is 2. The molecule has 0 bridgehead atoms. The molecule has 2 N–H and O–H groups in total. The van der Waals surface area contributed by atoms with Crippen LogP contribution >= 0.6 is 0 Å². The highest BCUT2D eigenvalue weighted by molar-refractivity contribution is 5.97. The molecule has 1 saturated heterocycles. The lowest BCUT2D eigenvalue weighted by Crippen LogP contribution is -2.39. The van der Waals surface area contributed by atoms with E-state index in [0.717, 1.165) is 12.1 Å². The number of hydrogen-bond acceptors (Lipinski definition) is 3. The molecule has 0 radical (unpaired) electrons. The van der Waals surface area contributed by atoms with Gasteiger partial charge in [0.25, 0.3) is 0 Å². The van der Waals surface area contributed by atoms with Crippen LogP contribution in [0, 0.1) is 0 Å². The maximum absolute atomic E-state index is 12.7. The van der Waals surface area contributed by atoms with Gasteiger partial charge in [0.15, 0.2) is 0 Å². The van der Waals surface area contributed by atoms with Gasteiger partial charge >= 0.3 is 12.2 Å². The molecule has 1 heterocycles. The fraction of sp³-hybridized carbons (Fsp3) is 0.263. The summed E-state index contributed by atoms with van der Waals surface area (Å²) in [5.41, 5.74) is -0.163. The van der Waals surface area contributed by atoms with Crippen molar-refractivity contribution in [3.8, 4) is 5.75 Å². The van der Waals surface area contributed by atoms with E-state index >= 15 is 0 Å². The van der Waals surface area contributed by atoms with E-state index < -0.39 is 23.8 Å². The van der Waals surface area contributed by atoms with Crippen LogP contribution in [-0.2, 0) is 11.0 Å². The standard InChI is InChI=1S/C19H18F3N3O3/c1-28-16-7-5-15(6-8-16)25-11-14(10-17(25)26)24-18(27)23-13-4-2-3-12(9-13)19(20,21)22/h2-9,14H,10-11H2,1H3,(H2,23,24,27). The van der Waals surface area contributed by atoms with Crippen molar-refractivity contribution in [2.75, 3.05) is 23.9 Å². The Balaban J connectivity index is 1.60. The number of carbonyl (C=O) groups excluding carboxylic acids is 2. The second-order valence-corrected chi connectivity index (χ2v) is 6.28. The van der Waals surface area contributed by atoms with Crippen molar-refractivity contribution in [1.29, 1.82) is 0 Å². The van der Waals surface area contributed by atoms with E-state index in [1.165, 1.54) is 17.0 Å². The summed E-state index contributed by atoms with van der Waals surface area (Å²) in [5, 5.41) is 4.99. The Morgan fingerprint density at radius 1 is 1.18 bits per heavy atom. The molecule has 0 saturated carbocycles. The third-order valence-electron chi connectivity index (χ3n) is 4.29. The number of rotatable bonds is 4. The molecule has 0 aromatic heterocycles. The third-order valence-corrected chi connectivity index (χ3v) is 4.29. The molecule has 9 heteroatoms. The van der Waals surface area contributed by atoms with Crippen molar-refractivity contribution >= 4 is 23.3 Å². The molecule has 3 amide bonds. The molecule has 1 unspecified atom stereocenters. The summed E-state index contributed by atoms with van der Waals surface area (Å²) < 4.78 is 43.3. The lowest BCUT2D eigenvalue weighted by Gasteiger charge is -2.18. The Bertz CT molecular complexity index is 869. The van der Waals surface area contributed by atoms with Gasteiger partial charge < -0.3 is 20.3 Å². The maximum Gasteiger partial charge on any atom is 0.416 e. The number of ether oxygens (including phenoxy) is 1. The summed E-state index contributed by atoms with van der Waals surface area (Å²) in [6.45, 7) is 0.265. The van der Waals surface area contributed by atoms with Crippen molar-refractivity contribution in [3.05, 3.63) is 54.1 Å². The van der Waals surface area contributed by atoms with Gasteiger partial charge in [-0.3, -0.25) is 4.79 Å². The normalized spacial score (nSPS) is 16.8. The number of nitrogens with zero attached hydrogens (tertiary/aromatic N) is 1. The van der Waals surface area contributed by atoms with Gasteiger partial charge in [0.05, 0.1) is 18.7 Å². The van der Waals surface area contributed by atoms with Gasteiger partial charge in [-0.15, -0.1) is 0 Å². The molecule has 2 aromatic carbocycles. The van der Waals surface area contributed by atoms with Crippen molar-refractivity contribution in [2.45, 2.75) is 18.6 Å². The van der Waals surface area contributed by atoms with E-state index in [0.29, 0.717) is 11.4 Å². The zero-order valence-electron chi connectivity index (χ0n) is 14.9. The molecular formula is C19H18F3N3O3. The van der Waals surface area contributed by atoms with Gasteiger partial charge in [-0.25, -0.2) is 4.79 Å². The number of benzene rings is 2. The molecule has 28 heavy (non-hydrogen) atoms. The minimum atomic E-state index is -4.50. The number of amides is 3. The fourth-order valence-electron chi connectivity index (χ4n) is 2.94. The molecule has 1 fully saturated rings. The molecular weight excluding hydrogens is 375 g/mol. The van der Waals surface area contributed by atoms with Crippen LogP contribution in [0.15, 0.2) is 48.5 Å². The van der Waals surface area contributed by atoms with E-state index in [9.17, 15) is 22.8 Å². The average Bonchev–Trinajstić information content (AvgIpc) is 3.01. The number of methoxy groups -OCH3 is 1. The highest BCUT2D eigenvalue weighted by Crippen LogP contribution is 2.30. The zero-order chi connectivity index (χ0) is 20.3. The maximum atomic E-state index is 12.7. The van der Waals surface area contributed by atoms with E-state index in [-0.39, 0.29) is 24.6 Å². The Morgan fingerprint density at radius 2 is 1.89 bits per heavy atom. The molecule has 0 aliphatic carbocycles. The number of alkyl halides is 3. The number of urea groups is 1. The average molecular weight is 393 g/mol. The number of hydrogen-bond donors (Lipinski definition) is 2. The van der Waals surface area contributed by atoms with Crippen LogP contribution < -0.4 is 20.3 Å². The molecule has 6 nitrogen and oxygen atoms in total. The lowest BCUT2D eigenvalue weighted by molar-refractivity contribution is -0.137. The predicted octanol–water partition coefficient (Wildman–Crippen LogP) is 3.64. The molecule has 1 aliphatic rings. The highest BCUT2D eigenvalue weighted by atomic mass is 19.4. The first-order chi connectivity index (χ1) is 13.3. The lowest BCUT2D eigenvalue weighted by atomic mass is 10.2. The van der Waals surface area contributed by atoms with Crippen LogP contribution in [0.2, 0.25) is 0 Å². The Hall–Kier alpha value is -3.23. The Morgan fingerprint density at radius 3 is 2.54 bits per heavy atom. The summed E-state index contributed by atoms with van der Waals surface area (Å²) in [6, 6.07) is 10.1. The van der Waals surface area contributed by atoms with E-state index in [1.807, 2.05) is 0 Å². The number of halogens is 3. The molecule has 2 aromatic rings. The van der Waals surface area contributed by atoms with Crippen molar-refractivity contribution in [3.63, 3.8) is 0 Å². The van der Waals surface area contributed by atoms with Crippen LogP contribution in [0.3, 0.4) is 0 Å². The molecule has 1 aliphatic heterocycles. The SMILES string of the molecule is COc1ccc(N2CC(NC(=O)Nc3cccc(C(F)(F)F)c3)CC2=O)cc1. The molecule has 148 valence electrons. The monoisotopic (exact) mass is 393 g/mol. The second-order valence-electron chi connectivity index (χ2n) is 6.28. The second kappa shape index (κ2) is 7.79. The first-order valence-corrected chi connectivity index (χ1v) is 8.45. The molecule has 3 rings (SSSR count). The fourth-order valence-corrected chi connectivity index (χ4v) is 2.94. The Kier molecular flexibility index (Phi) is 5.43. The summed E-state index contributed by atoms with van der Waals surface area (Å²) >= 11 is 0. The number of nitrogens with one attached hydrogen (secondary N) is 2. The van der Waals surface area contributed by atoms with Crippen LogP contribution in [0.5, 0.6) is 5.75 Å². The predicted molar refractivity (Wildman–Crippen MR) is 97.4 cm³/mol. The summed E-state index contributed by atoms with van der Waals surface area (Å²) in [5.74, 6) is 0.500. The summed E-state index contributed by atoms with van der Waals surface area (Å²) in [7, 11) is 1.54. The van der Waals surface area contributed by atoms with Gasteiger partial charge in [0, 0.05) is 24.3 Å². The van der Waals surface area contributed by atoms with Gasteiger partial charge in [0.2, 0.25) is 5.91 Å². The van der Waals surface area contributed by atoms with E-state index in [2.05, 4.69) is 10.6 Å². The minimum Gasteiger partial charge on any atom is -0.497 e. The quantitative estimate of drug-likeness (QED) is 0.833. The van der Waals surface area contributed by atoms with Gasteiger partial charge in [-0.2, -0.15) is 13.2 Å². The zero-order valence-corrected chi connectivity index (χ0v) is 14.9. The minimum absolute atomic E-state index is 0.0173. The molecule has 0 spiro atoms. The van der Waals surface area contributed by atoms with Gasteiger partial charge in [0.1, 0.15) is 5.75 Å². The third kappa shape index (κ3) is 4.54. The van der Waals surface area contributed by atoms with Gasteiger partial charge in [-0.05, 0) is 42.5 Å². The van der Waals surface area contributed by atoms with Crippen molar-refractivity contribution in [1.82, 2.24) is 5.32 Å². The van der Waals surface area contributed by atoms with Crippen molar-refractivity contribution < 1.29 is 27.5 Å². The number of anilines is 2. The highest BCUT2D eigenvalue weighted by Gasteiger charge is 2.32. The summed E-state index contributed by atoms with van der Waals surface area (Å²) in [4.78, 5) is 25.9. The first-order valence-electron chi connectivity index (χ1n) is 8.45. The summed E-state index contributed by atoms with van der Waals surface area (Å²) in [6.07, 6.45) is -4.40.